The van der Waals surface area contributed by atoms with Gasteiger partial charge in [0.25, 0.3) is 0 Å². The Balaban J connectivity index is 2.01. The molecular formula is C15H16FN3O2. The lowest BCUT2D eigenvalue weighted by Crippen LogP contribution is -2.40. The van der Waals surface area contributed by atoms with Gasteiger partial charge in [0.2, 0.25) is 0 Å². The Hall–Kier alpha value is -2.60. The molecule has 2 aromatic carbocycles. The molecule has 0 saturated carbocycles. The van der Waals surface area contributed by atoms with Crippen molar-refractivity contribution in [3.05, 3.63) is 59.4 Å². The van der Waals surface area contributed by atoms with Crippen molar-refractivity contribution in [3.8, 4) is 11.5 Å². The molecule has 0 unspecified atom stereocenters. The van der Waals surface area contributed by atoms with Crippen LogP contribution in [0.3, 0.4) is 0 Å². The average Bonchev–Trinajstić information content (AvgIpc) is 2.43. The second-order valence-electron chi connectivity index (χ2n) is 4.49. The first kappa shape index (κ1) is 14.8. The smallest absolute Gasteiger partial charge is 0.326 e. The molecule has 4 N–H and O–H groups in total. The summed E-state index contributed by atoms with van der Waals surface area (Å²) in [5, 5.41) is 0. The van der Waals surface area contributed by atoms with Crippen LogP contribution in [0.1, 0.15) is 11.1 Å². The molecule has 0 saturated heterocycles. The molecule has 110 valence electrons. The Labute approximate surface area is 121 Å². The number of urea groups is 1. The second-order valence-corrected chi connectivity index (χ2v) is 4.49. The first-order valence-corrected chi connectivity index (χ1v) is 6.36. The molecule has 2 amide bonds. The molecule has 0 atom stereocenters. The van der Waals surface area contributed by atoms with E-state index in [1.54, 1.807) is 18.2 Å². The number of carbonyl (C=O) groups excluding carboxylic acids is 1. The van der Waals surface area contributed by atoms with Crippen LogP contribution in [0.4, 0.5) is 9.18 Å². The third-order valence-electron chi connectivity index (χ3n) is 2.85. The largest absolute Gasteiger partial charge is 0.457 e. The number of amides is 2. The minimum Gasteiger partial charge on any atom is -0.457 e. The Bertz CT molecular complexity index is 629. The van der Waals surface area contributed by atoms with Crippen molar-refractivity contribution in [1.82, 2.24) is 10.9 Å². The van der Waals surface area contributed by atoms with E-state index in [1.807, 2.05) is 19.1 Å². The van der Waals surface area contributed by atoms with Crippen molar-refractivity contribution in [2.75, 3.05) is 0 Å². The molecule has 0 aliphatic heterocycles. The number of hydrogen-bond donors (Lipinski definition) is 3. The Morgan fingerprint density at radius 1 is 1.19 bits per heavy atom. The van der Waals surface area contributed by atoms with E-state index in [-0.39, 0.29) is 5.82 Å². The molecule has 2 aromatic rings. The molecule has 0 bridgehead atoms. The highest BCUT2D eigenvalue weighted by Crippen LogP contribution is 2.24. The molecular weight excluding hydrogens is 273 g/mol. The number of hydrogen-bond acceptors (Lipinski definition) is 3. The lowest BCUT2D eigenvalue weighted by Gasteiger charge is -2.11. The predicted molar refractivity (Wildman–Crippen MR) is 77.2 cm³/mol. The highest BCUT2D eigenvalue weighted by Gasteiger charge is 2.03. The molecule has 2 rings (SSSR count). The summed E-state index contributed by atoms with van der Waals surface area (Å²) in [7, 11) is 0. The minimum atomic E-state index is -0.635. The normalized spacial score (nSPS) is 10.2. The topological polar surface area (TPSA) is 76.4 Å². The fourth-order valence-electron chi connectivity index (χ4n) is 1.80. The number of benzene rings is 2. The monoisotopic (exact) mass is 289 g/mol. The summed E-state index contributed by atoms with van der Waals surface area (Å²) in [6, 6.07) is 10.7. The molecule has 0 fully saturated rings. The molecule has 0 spiro atoms. The summed E-state index contributed by atoms with van der Waals surface area (Å²) >= 11 is 0. The van der Waals surface area contributed by atoms with Crippen LogP contribution < -0.4 is 21.3 Å². The van der Waals surface area contributed by atoms with Crippen molar-refractivity contribution in [1.29, 1.82) is 0 Å². The summed E-state index contributed by atoms with van der Waals surface area (Å²) in [6.45, 7) is 2.38. The Morgan fingerprint density at radius 3 is 2.48 bits per heavy atom. The van der Waals surface area contributed by atoms with Crippen LogP contribution in [0.15, 0.2) is 42.5 Å². The van der Waals surface area contributed by atoms with Crippen LogP contribution in [-0.4, -0.2) is 6.03 Å². The van der Waals surface area contributed by atoms with Crippen LogP contribution in [0, 0.1) is 12.7 Å². The van der Waals surface area contributed by atoms with Gasteiger partial charge in [0.05, 0.1) is 0 Å². The van der Waals surface area contributed by atoms with Crippen LogP contribution >= 0.6 is 0 Å². The van der Waals surface area contributed by atoms with Crippen molar-refractivity contribution in [2.45, 2.75) is 13.5 Å². The van der Waals surface area contributed by atoms with E-state index < -0.39 is 6.03 Å². The Morgan fingerprint density at radius 2 is 1.86 bits per heavy atom. The van der Waals surface area contributed by atoms with Gasteiger partial charge in [-0.2, -0.15) is 0 Å². The first-order valence-electron chi connectivity index (χ1n) is 6.36. The van der Waals surface area contributed by atoms with Crippen molar-refractivity contribution in [3.63, 3.8) is 0 Å². The van der Waals surface area contributed by atoms with E-state index in [4.69, 9.17) is 10.5 Å². The number of nitrogens with one attached hydrogen (secondary N) is 2. The number of primary amides is 1. The van der Waals surface area contributed by atoms with Gasteiger partial charge in [-0.15, -0.1) is 0 Å². The minimum absolute atomic E-state index is 0.304. The molecule has 6 heteroatoms. The van der Waals surface area contributed by atoms with Gasteiger partial charge in [0.15, 0.2) is 0 Å². The van der Waals surface area contributed by atoms with E-state index in [1.165, 1.54) is 12.1 Å². The van der Waals surface area contributed by atoms with Gasteiger partial charge in [-0.25, -0.2) is 14.6 Å². The quantitative estimate of drug-likeness (QED) is 0.740. The lowest BCUT2D eigenvalue weighted by molar-refractivity contribution is 0.244. The van der Waals surface area contributed by atoms with Crippen LogP contribution in [0.5, 0.6) is 11.5 Å². The first-order chi connectivity index (χ1) is 10.0. The number of ether oxygens (including phenoxy) is 1. The van der Waals surface area contributed by atoms with Crippen LogP contribution in [-0.2, 0) is 6.54 Å². The number of halogens is 1. The molecule has 0 radical (unpaired) electrons. The van der Waals surface area contributed by atoms with Crippen molar-refractivity contribution < 1.29 is 13.9 Å². The third-order valence-corrected chi connectivity index (χ3v) is 2.85. The number of carbonyl (C=O) groups is 1. The summed E-state index contributed by atoms with van der Waals surface area (Å²) in [5.74, 6) is 0.921. The summed E-state index contributed by atoms with van der Waals surface area (Å²) in [6.07, 6.45) is 0. The number of nitrogens with two attached hydrogens (primary N) is 1. The van der Waals surface area contributed by atoms with Gasteiger partial charge in [0, 0.05) is 6.54 Å². The zero-order valence-corrected chi connectivity index (χ0v) is 11.5. The van der Waals surface area contributed by atoms with E-state index in [0.717, 1.165) is 11.1 Å². The van der Waals surface area contributed by atoms with Crippen LogP contribution in [0.2, 0.25) is 0 Å². The maximum atomic E-state index is 12.8. The van der Waals surface area contributed by atoms with E-state index in [0.29, 0.717) is 18.0 Å². The molecule has 21 heavy (non-hydrogen) atoms. The Kier molecular flexibility index (Phi) is 4.73. The van der Waals surface area contributed by atoms with E-state index in [2.05, 4.69) is 10.9 Å². The van der Waals surface area contributed by atoms with E-state index in [9.17, 15) is 9.18 Å². The highest BCUT2D eigenvalue weighted by molar-refractivity contribution is 5.70. The third kappa shape index (κ3) is 4.47. The fraction of sp³-hybridized carbons (Fsp3) is 0.133. The zero-order chi connectivity index (χ0) is 15.2. The maximum Gasteiger partial charge on any atom is 0.326 e. The lowest BCUT2D eigenvalue weighted by atomic mass is 10.1. The van der Waals surface area contributed by atoms with Gasteiger partial charge in [-0.1, -0.05) is 6.07 Å². The summed E-state index contributed by atoms with van der Waals surface area (Å²) < 4.78 is 18.5. The highest BCUT2D eigenvalue weighted by atomic mass is 19.1. The number of hydrazine groups is 1. The maximum absolute atomic E-state index is 12.8. The van der Waals surface area contributed by atoms with E-state index >= 15 is 0 Å². The van der Waals surface area contributed by atoms with Crippen LogP contribution in [0.25, 0.3) is 0 Å². The SMILES string of the molecule is Cc1cc(Oc2ccc(F)cc2)ccc1CNNC(N)=O. The standard InChI is InChI=1S/C15H16FN3O2/c1-10-8-14(21-13-6-3-12(16)4-7-13)5-2-11(10)9-18-19-15(17)20/h2-8,18H,9H2,1H3,(H3,17,19,20). The second kappa shape index (κ2) is 6.71. The summed E-state index contributed by atoms with van der Waals surface area (Å²) in [4.78, 5) is 10.6. The van der Waals surface area contributed by atoms with Gasteiger partial charge in [-0.3, -0.25) is 5.43 Å². The molecule has 0 heterocycles. The predicted octanol–water partition coefficient (Wildman–Crippen LogP) is 2.60. The fourth-order valence-corrected chi connectivity index (χ4v) is 1.80. The van der Waals surface area contributed by atoms with Gasteiger partial charge in [0.1, 0.15) is 17.3 Å². The van der Waals surface area contributed by atoms with Crippen molar-refractivity contribution >= 4 is 6.03 Å². The van der Waals surface area contributed by atoms with Gasteiger partial charge < -0.3 is 10.5 Å². The van der Waals surface area contributed by atoms with Gasteiger partial charge in [-0.05, 0) is 54.4 Å². The number of rotatable bonds is 5. The molecule has 0 aromatic heterocycles. The average molecular weight is 289 g/mol. The number of aryl methyl sites for hydroxylation is 1. The zero-order valence-electron chi connectivity index (χ0n) is 11.5. The summed E-state index contributed by atoms with van der Waals surface area (Å²) in [5.41, 5.74) is 12.0. The molecule has 0 aliphatic carbocycles. The molecule has 5 nitrogen and oxygen atoms in total. The van der Waals surface area contributed by atoms with Crippen molar-refractivity contribution in [2.24, 2.45) is 5.73 Å². The van der Waals surface area contributed by atoms with Gasteiger partial charge >= 0.3 is 6.03 Å². The molecule has 0 aliphatic rings.